The highest BCUT2D eigenvalue weighted by molar-refractivity contribution is 14.1. The number of hydrogen-bond acceptors (Lipinski definition) is 3. The molecule has 10 heavy (non-hydrogen) atoms. The molecule has 0 spiro atoms. The van der Waals surface area contributed by atoms with Crippen LogP contribution in [0.5, 0.6) is 0 Å². The van der Waals surface area contributed by atoms with E-state index < -0.39 is 6.16 Å². The van der Waals surface area contributed by atoms with Gasteiger partial charge in [-0.25, -0.2) is 4.79 Å². The molecule has 0 aliphatic rings. The van der Waals surface area contributed by atoms with Crippen LogP contribution in [0.2, 0.25) is 0 Å². The summed E-state index contributed by atoms with van der Waals surface area (Å²) in [7, 11) is 0. The second kappa shape index (κ2) is 5.76. The Labute approximate surface area is 74.2 Å². The number of ether oxygens (including phenoxy) is 2. The highest BCUT2D eigenvalue weighted by atomic mass is 127. The Balaban J connectivity index is 3.26. The van der Waals surface area contributed by atoms with Gasteiger partial charge in [-0.15, -0.1) is 0 Å². The van der Waals surface area contributed by atoms with Crippen LogP contribution in [-0.2, 0) is 9.47 Å². The third-order valence-electron chi connectivity index (χ3n) is 0.629. The van der Waals surface area contributed by atoms with Gasteiger partial charge in [0.2, 0.25) is 0 Å². The van der Waals surface area contributed by atoms with Crippen molar-refractivity contribution in [2.75, 3.05) is 11.0 Å². The third kappa shape index (κ3) is 6.12. The van der Waals surface area contributed by atoms with Crippen LogP contribution in [0, 0.1) is 0 Å². The third-order valence-corrected chi connectivity index (χ3v) is 1.07. The molecular formula is C6H11IO3. The Morgan fingerprint density at radius 1 is 1.60 bits per heavy atom. The maximum atomic E-state index is 10.6. The zero-order valence-electron chi connectivity index (χ0n) is 6.09. The van der Waals surface area contributed by atoms with Crippen LogP contribution in [0.4, 0.5) is 4.79 Å². The molecule has 4 heteroatoms. The smallest absolute Gasteiger partial charge is 0.433 e. The molecule has 0 atom stereocenters. The van der Waals surface area contributed by atoms with E-state index in [4.69, 9.17) is 0 Å². The van der Waals surface area contributed by atoms with Crippen LogP contribution in [-0.4, -0.2) is 23.3 Å². The van der Waals surface area contributed by atoms with Gasteiger partial charge >= 0.3 is 6.16 Å². The second-order valence-electron chi connectivity index (χ2n) is 1.95. The summed E-state index contributed by atoms with van der Waals surface area (Å²) in [5, 5.41) is 0. The van der Waals surface area contributed by atoms with E-state index in [1.165, 1.54) is 0 Å². The number of carbonyl (C=O) groups excluding carboxylic acids is 1. The van der Waals surface area contributed by atoms with Crippen molar-refractivity contribution in [1.82, 2.24) is 0 Å². The molecule has 0 fully saturated rings. The molecule has 0 amide bonds. The SMILES string of the molecule is CC(C)OC(=O)OCCI. The summed E-state index contributed by atoms with van der Waals surface area (Å²) in [5.74, 6) is 0. The molecule has 0 saturated heterocycles. The fourth-order valence-electron chi connectivity index (χ4n) is 0.348. The zero-order valence-corrected chi connectivity index (χ0v) is 8.25. The van der Waals surface area contributed by atoms with Gasteiger partial charge in [0.15, 0.2) is 0 Å². The summed E-state index contributed by atoms with van der Waals surface area (Å²) in [6.07, 6.45) is -0.673. The van der Waals surface area contributed by atoms with Gasteiger partial charge in [0.25, 0.3) is 0 Å². The summed E-state index contributed by atoms with van der Waals surface area (Å²) in [6, 6.07) is 0. The molecule has 0 N–H and O–H groups in total. The molecule has 0 radical (unpaired) electrons. The first kappa shape index (κ1) is 10.0. The van der Waals surface area contributed by atoms with E-state index >= 15 is 0 Å². The van der Waals surface area contributed by atoms with E-state index in [9.17, 15) is 4.79 Å². The number of rotatable bonds is 3. The van der Waals surface area contributed by atoms with Crippen molar-refractivity contribution in [3.05, 3.63) is 0 Å². The summed E-state index contributed by atoms with van der Waals surface area (Å²) in [5.41, 5.74) is 0. The minimum atomic E-state index is -0.577. The fraction of sp³-hybridized carbons (Fsp3) is 0.833. The first-order valence-electron chi connectivity index (χ1n) is 3.06. The van der Waals surface area contributed by atoms with Gasteiger partial charge in [-0.3, -0.25) is 0 Å². The van der Waals surface area contributed by atoms with Crippen molar-refractivity contribution in [2.24, 2.45) is 0 Å². The number of halogens is 1. The number of carbonyl (C=O) groups is 1. The Morgan fingerprint density at radius 2 is 2.20 bits per heavy atom. The maximum absolute atomic E-state index is 10.6. The topological polar surface area (TPSA) is 35.5 Å². The normalized spacial score (nSPS) is 9.60. The minimum absolute atomic E-state index is 0.0956. The Bertz CT molecular complexity index is 103. The standard InChI is InChI=1S/C6H11IO3/c1-5(2)10-6(8)9-4-3-7/h5H,3-4H2,1-2H3. The van der Waals surface area contributed by atoms with Gasteiger partial charge in [0.05, 0.1) is 6.10 Å². The van der Waals surface area contributed by atoms with Crippen molar-refractivity contribution in [2.45, 2.75) is 20.0 Å². The molecule has 60 valence electrons. The number of hydrogen-bond donors (Lipinski definition) is 0. The predicted molar refractivity (Wildman–Crippen MR) is 46.5 cm³/mol. The van der Waals surface area contributed by atoms with Gasteiger partial charge in [-0.2, -0.15) is 0 Å². The summed E-state index contributed by atoms with van der Waals surface area (Å²) in [4.78, 5) is 10.6. The Hall–Kier alpha value is 0. The van der Waals surface area contributed by atoms with Crippen molar-refractivity contribution < 1.29 is 14.3 Å². The lowest BCUT2D eigenvalue weighted by molar-refractivity contribution is 0.0388. The molecule has 0 bridgehead atoms. The van der Waals surface area contributed by atoms with E-state index in [1.54, 1.807) is 13.8 Å². The molecule has 0 aromatic carbocycles. The summed E-state index contributed by atoms with van der Waals surface area (Å²) >= 11 is 2.12. The zero-order chi connectivity index (χ0) is 7.98. The van der Waals surface area contributed by atoms with Crippen molar-refractivity contribution >= 4 is 28.7 Å². The highest BCUT2D eigenvalue weighted by Crippen LogP contribution is 1.93. The quantitative estimate of drug-likeness (QED) is 0.441. The second-order valence-corrected chi connectivity index (χ2v) is 3.03. The van der Waals surface area contributed by atoms with E-state index in [0.29, 0.717) is 6.61 Å². The summed E-state index contributed by atoms with van der Waals surface area (Å²) in [6.45, 7) is 3.99. The van der Waals surface area contributed by atoms with Crippen LogP contribution < -0.4 is 0 Å². The molecule has 3 nitrogen and oxygen atoms in total. The van der Waals surface area contributed by atoms with E-state index in [-0.39, 0.29) is 6.10 Å². The van der Waals surface area contributed by atoms with Crippen molar-refractivity contribution in [1.29, 1.82) is 0 Å². The maximum Gasteiger partial charge on any atom is 0.508 e. The molecule has 0 unspecified atom stereocenters. The van der Waals surface area contributed by atoms with Crippen LogP contribution in [0.25, 0.3) is 0 Å². The van der Waals surface area contributed by atoms with Gasteiger partial charge in [0.1, 0.15) is 6.61 Å². The van der Waals surface area contributed by atoms with Gasteiger partial charge in [-0.1, -0.05) is 22.6 Å². The number of alkyl halides is 1. The predicted octanol–water partition coefficient (Wildman–Crippen LogP) is 1.98. The van der Waals surface area contributed by atoms with Gasteiger partial charge < -0.3 is 9.47 Å². The first-order chi connectivity index (χ1) is 4.66. The Morgan fingerprint density at radius 3 is 2.60 bits per heavy atom. The molecule has 0 saturated carbocycles. The van der Waals surface area contributed by atoms with E-state index in [1.807, 2.05) is 0 Å². The molecule has 0 aliphatic heterocycles. The molecule has 0 heterocycles. The van der Waals surface area contributed by atoms with Crippen LogP contribution >= 0.6 is 22.6 Å². The van der Waals surface area contributed by atoms with E-state index in [0.717, 1.165) is 4.43 Å². The van der Waals surface area contributed by atoms with Crippen molar-refractivity contribution in [3.63, 3.8) is 0 Å². The van der Waals surface area contributed by atoms with E-state index in [2.05, 4.69) is 32.1 Å². The average molecular weight is 258 g/mol. The Kier molecular flexibility index (Phi) is 5.76. The first-order valence-corrected chi connectivity index (χ1v) is 4.58. The highest BCUT2D eigenvalue weighted by Gasteiger charge is 2.04. The fourth-order valence-corrected chi connectivity index (χ4v) is 0.569. The van der Waals surface area contributed by atoms with Crippen molar-refractivity contribution in [3.8, 4) is 0 Å². The van der Waals surface area contributed by atoms with Crippen LogP contribution in [0.3, 0.4) is 0 Å². The molecule has 0 aromatic rings. The lowest BCUT2D eigenvalue weighted by Crippen LogP contribution is -2.13. The largest absolute Gasteiger partial charge is 0.508 e. The van der Waals surface area contributed by atoms with Gasteiger partial charge in [-0.05, 0) is 13.8 Å². The lowest BCUT2D eigenvalue weighted by Gasteiger charge is -2.06. The van der Waals surface area contributed by atoms with Gasteiger partial charge in [0, 0.05) is 4.43 Å². The lowest BCUT2D eigenvalue weighted by atomic mass is 10.5. The van der Waals surface area contributed by atoms with Crippen LogP contribution in [0.15, 0.2) is 0 Å². The molecule has 0 aliphatic carbocycles. The van der Waals surface area contributed by atoms with Crippen LogP contribution in [0.1, 0.15) is 13.8 Å². The molecular weight excluding hydrogens is 247 g/mol. The summed E-state index contributed by atoms with van der Waals surface area (Å²) < 4.78 is 10.1. The monoisotopic (exact) mass is 258 g/mol. The minimum Gasteiger partial charge on any atom is -0.433 e. The molecule has 0 rings (SSSR count). The average Bonchev–Trinajstić information content (AvgIpc) is 1.82. The molecule has 0 aromatic heterocycles.